The number of hydrogen-bond donors (Lipinski definition) is 0. The summed E-state index contributed by atoms with van der Waals surface area (Å²) in [6.07, 6.45) is 4.35. The van der Waals surface area contributed by atoms with E-state index in [0.29, 0.717) is 135 Å². The van der Waals surface area contributed by atoms with Crippen LogP contribution >= 0.6 is 0 Å². The van der Waals surface area contributed by atoms with E-state index in [9.17, 15) is 25.3 Å². The molecule has 6 aliphatic carbocycles. The van der Waals surface area contributed by atoms with E-state index in [0.717, 1.165) is 0 Å². The third-order valence-electron chi connectivity index (χ3n) is 20.6. The van der Waals surface area contributed by atoms with E-state index in [1.807, 2.05) is 0 Å². The van der Waals surface area contributed by atoms with Gasteiger partial charge in [0.25, 0.3) is 0 Å². The highest BCUT2D eigenvalue weighted by molar-refractivity contribution is 7.86. The molecule has 30 atom stereocenters. The van der Waals surface area contributed by atoms with Crippen molar-refractivity contribution in [3.63, 3.8) is 0 Å². The van der Waals surface area contributed by atoms with Crippen molar-refractivity contribution in [2.45, 2.75) is 161 Å². The molecule has 20 fully saturated rings. The molecule has 14 aliphatic heterocycles. The zero-order valence-electron chi connectivity index (χ0n) is 51.2. The fraction of sp³-hybridized carbons (Fsp3) is 1.00. The highest BCUT2D eigenvalue weighted by Gasteiger charge is 2.50. The molecule has 18 nitrogen and oxygen atoms in total. The van der Waals surface area contributed by atoms with Crippen molar-refractivity contribution in [1.82, 2.24) is 0 Å². The molecule has 0 aromatic carbocycles. The monoisotopic (exact) mass is 1280 g/mol. The molecular weight excluding hydrogens is 1180 g/mol. The number of hydrogen-bond acceptors (Lipinski definition) is 18. The van der Waals surface area contributed by atoms with Gasteiger partial charge in [0.2, 0.25) is 0 Å². The first-order valence-electron chi connectivity index (χ1n) is 30.0. The molecule has 12 bridgehead atoms. The molecule has 0 radical (unpaired) electrons. The average molecular weight is 1280 g/mol. The Hall–Kier alpha value is 0.420. The normalized spacial score (nSPS) is 48.3. The van der Waals surface area contributed by atoms with Crippen LogP contribution in [-0.4, -0.2) is 252 Å². The van der Waals surface area contributed by atoms with Crippen LogP contribution in [0.15, 0.2) is 0 Å². The number of methoxy groups -OCH3 is 12. The molecule has 0 amide bonds. The zero-order valence-corrected chi connectivity index (χ0v) is 56.1. The largest absolute Gasteiger partial charge is 0.381 e. The highest BCUT2D eigenvalue weighted by atomic mass is 32.2. The summed E-state index contributed by atoms with van der Waals surface area (Å²) < 4.78 is 160. The first kappa shape index (κ1) is 69.9. The molecule has 0 aromatic heterocycles. The lowest BCUT2D eigenvalue weighted by molar-refractivity contribution is -0.0580. The van der Waals surface area contributed by atoms with Crippen LogP contribution in [-0.2, 0) is 122 Å². The summed E-state index contributed by atoms with van der Waals surface area (Å²) in [6.45, 7) is 0. The van der Waals surface area contributed by atoms with Gasteiger partial charge < -0.3 is 56.8 Å². The van der Waals surface area contributed by atoms with Gasteiger partial charge in [-0.3, -0.25) is 25.3 Å². The molecule has 6 saturated carbocycles. The molecule has 0 spiro atoms. The molecule has 14 heterocycles. The minimum absolute atomic E-state index is 0.0178. The van der Waals surface area contributed by atoms with Gasteiger partial charge in [-0.1, -0.05) is 0 Å². The Kier molecular flexibility index (Phi) is 29.0. The Labute approximate surface area is 506 Å². The topological polar surface area (TPSA) is 213 Å². The fourth-order valence-electron chi connectivity index (χ4n) is 16.1. The number of rotatable bonds is 12. The molecule has 24 heteroatoms. The maximum Gasteiger partial charge on any atom is 0.0719 e. The van der Waals surface area contributed by atoms with Gasteiger partial charge in [0.1, 0.15) is 0 Å². The molecule has 480 valence electrons. The SMILES string of the molecule is COC1C[C@@H]2CS(=O)C[C@@H]3CC(OC)[C@@H](CC3OC)S(=O)[C@@H]3CC(OC)[C@@H](CC3OC)CS(=O)C[C@H]3CC(OC)[C@H](CC3OC)CS(=O)C[C@H]3CC(OC)[C@H](C[C@H]3OC)CS(=O)C[C@@H]3CC(OC)[C@@H](CC3OC)CS(=O)C[C@H]1CC2OC. The summed E-state index contributed by atoms with van der Waals surface area (Å²) in [5, 5.41) is -0.717. The summed E-state index contributed by atoms with van der Waals surface area (Å²) in [6, 6.07) is 0. The van der Waals surface area contributed by atoms with Crippen molar-refractivity contribution in [2.75, 3.05) is 143 Å². The minimum atomic E-state index is -1.42. The molecule has 82 heavy (non-hydrogen) atoms. The van der Waals surface area contributed by atoms with Crippen LogP contribution < -0.4 is 0 Å². The Bertz CT molecular complexity index is 1960. The molecule has 0 aromatic rings. The Morgan fingerprint density at radius 1 is 0.195 bits per heavy atom. The van der Waals surface area contributed by atoms with Gasteiger partial charge in [0.05, 0.1) is 83.7 Å². The Balaban J connectivity index is 1.10. The van der Waals surface area contributed by atoms with E-state index in [1.54, 1.807) is 85.3 Å². The first-order chi connectivity index (χ1) is 39.5. The summed E-state index contributed by atoms with van der Waals surface area (Å²) in [7, 11) is 12.7. The van der Waals surface area contributed by atoms with Crippen molar-refractivity contribution in [2.24, 2.45) is 59.2 Å². The van der Waals surface area contributed by atoms with Crippen LogP contribution in [0.1, 0.15) is 77.0 Å². The third-order valence-corrected chi connectivity index (χ3v) is 30.8. The van der Waals surface area contributed by atoms with E-state index >= 15 is 0 Å². The second kappa shape index (κ2) is 34.0. The molecule has 17 unspecified atom stereocenters. The van der Waals surface area contributed by atoms with Gasteiger partial charge in [-0.05, 0) is 136 Å². The first-order valence-corrected chi connectivity index (χ1v) is 38.7. The predicted octanol–water partition coefficient (Wildman–Crippen LogP) is 4.33. The van der Waals surface area contributed by atoms with Crippen LogP contribution in [0, 0.1) is 59.2 Å². The van der Waals surface area contributed by atoms with Gasteiger partial charge in [0, 0.05) is 208 Å². The van der Waals surface area contributed by atoms with E-state index in [1.165, 1.54) is 0 Å². The van der Waals surface area contributed by atoms with Crippen molar-refractivity contribution in [3.05, 3.63) is 0 Å². The highest BCUT2D eigenvalue weighted by Crippen LogP contribution is 2.43. The van der Waals surface area contributed by atoms with Crippen LogP contribution in [0.25, 0.3) is 0 Å². The van der Waals surface area contributed by atoms with Crippen LogP contribution in [0.3, 0.4) is 0 Å². The summed E-state index contributed by atoms with van der Waals surface area (Å²) in [4.78, 5) is 0. The van der Waals surface area contributed by atoms with E-state index in [4.69, 9.17) is 56.8 Å². The van der Waals surface area contributed by atoms with Crippen molar-refractivity contribution in [3.8, 4) is 0 Å². The lowest BCUT2D eigenvalue weighted by atomic mass is 9.79. The molecule has 20 aliphatic rings. The summed E-state index contributed by atoms with van der Waals surface area (Å²) >= 11 is 0. The molecule has 0 N–H and O–H groups in total. The Morgan fingerprint density at radius 3 is 0.451 bits per heavy atom. The van der Waals surface area contributed by atoms with Crippen molar-refractivity contribution < 1.29 is 82.1 Å². The summed E-state index contributed by atoms with van der Waals surface area (Å²) in [5.41, 5.74) is 0. The van der Waals surface area contributed by atoms with E-state index in [-0.39, 0.29) is 143 Å². The molecular formula is C58H104O18S6. The van der Waals surface area contributed by atoms with Crippen LogP contribution in [0.5, 0.6) is 0 Å². The maximum absolute atomic E-state index is 15.0. The lowest BCUT2D eigenvalue weighted by Crippen LogP contribution is -2.54. The van der Waals surface area contributed by atoms with Gasteiger partial charge in [-0.15, -0.1) is 0 Å². The van der Waals surface area contributed by atoms with Crippen molar-refractivity contribution >= 4 is 64.8 Å². The van der Waals surface area contributed by atoms with Crippen molar-refractivity contribution in [1.29, 1.82) is 0 Å². The predicted molar refractivity (Wildman–Crippen MR) is 325 cm³/mol. The lowest BCUT2D eigenvalue weighted by Gasteiger charge is -2.45. The van der Waals surface area contributed by atoms with E-state index in [2.05, 4.69) is 0 Å². The maximum atomic E-state index is 15.0. The second-order valence-electron chi connectivity index (χ2n) is 25.0. The van der Waals surface area contributed by atoms with Crippen LogP contribution in [0.4, 0.5) is 0 Å². The van der Waals surface area contributed by atoms with Gasteiger partial charge >= 0.3 is 0 Å². The van der Waals surface area contributed by atoms with Crippen LogP contribution in [0.2, 0.25) is 0 Å². The standard InChI is InChI=1S/C58H104O18S6/c1-65-45-15-37-27-78(60)29-39-17-51(71-7)41(19-49(39)69-5)31-80(62)33-43-21-55(75-11)57(23-53(43)73-9)82(64)58-24-54(74-10)44(22-56(58)76-12)34-81(63)32-42-20-50(70-6)40(18-52(42)72-8)30-79(61)28-38-16-46(66-2)36(14-48(38)68-4)26-77(59)25-35(45)13-47(37)67-3/h35-58H,13-34H2,1-12H3/t35-,36+,37-,38+,39-,40-,41-,42-,43+,44+,45?,46?,47-,48?,49?,50?,51?,52?,53?,54?,55?,56?,57-,58-,77?,78?,79?,80?,81?,82?/m1/s1. The Morgan fingerprint density at radius 2 is 0.317 bits per heavy atom. The smallest absolute Gasteiger partial charge is 0.0719 e. The minimum Gasteiger partial charge on any atom is -0.381 e. The van der Waals surface area contributed by atoms with Gasteiger partial charge in [0.15, 0.2) is 0 Å². The second-order valence-corrected chi connectivity index (χ2v) is 34.6. The number of ether oxygens (including phenoxy) is 12. The summed E-state index contributed by atoms with van der Waals surface area (Å²) in [5.74, 6) is 3.90. The average Bonchev–Trinajstić information content (AvgIpc) is 3.64. The van der Waals surface area contributed by atoms with E-state index < -0.39 is 64.8 Å². The third kappa shape index (κ3) is 17.9. The molecule has 20 rings (SSSR count). The van der Waals surface area contributed by atoms with Gasteiger partial charge in [-0.2, -0.15) is 0 Å². The fourth-order valence-corrected chi connectivity index (χ4v) is 27.3. The van der Waals surface area contributed by atoms with Gasteiger partial charge in [-0.25, -0.2) is 0 Å². The zero-order chi connectivity index (χ0) is 59.4. The quantitative estimate of drug-likeness (QED) is 0.266. The molecule has 14 saturated heterocycles.